The Hall–Kier alpha value is -4.71. The Kier molecular flexibility index (Phi) is 8.56. The van der Waals surface area contributed by atoms with Crippen LogP contribution in [0.5, 0.6) is 11.5 Å². The van der Waals surface area contributed by atoms with Gasteiger partial charge in [0.05, 0.1) is 6.42 Å². The molecule has 4 aromatic rings. The van der Waals surface area contributed by atoms with Crippen LogP contribution >= 0.6 is 0 Å². The number of Topliss-reactive ketones (excluding diaryl/α,β-unsaturated/α-hetero) is 1. The van der Waals surface area contributed by atoms with Crippen molar-refractivity contribution in [1.82, 2.24) is 0 Å². The zero-order chi connectivity index (χ0) is 27.8. The van der Waals surface area contributed by atoms with Crippen LogP contribution in [0.25, 0.3) is 0 Å². The van der Waals surface area contributed by atoms with Crippen molar-refractivity contribution in [2.24, 2.45) is 0 Å². The van der Waals surface area contributed by atoms with Crippen LogP contribution in [-0.4, -0.2) is 17.6 Å². The van der Waals surface area contributed by atoms with Crippen molar-refractivity contribution in [3.8, 4) is 11.5 Å². The number of carbonyl (C=O) groups is 3. The van der Waals surface area contributed by atoms with E-state index in [-0.39, 0.29) is 23.5 Å². The number of ketones is 1. The first kappa shape index (κ1) is 27.3. The second kappa shape index (κ2) is 12.2. The number of hydrogen-bond acceptors (Lipinski definition) is 4. The van der Waals surface area contributed by atoms with Gasteiger partial charge in [0, 0.05) is 22.5 Å². The molecule has 6 heteroatoms. The Bertz CT molecular complexity index is 1460. The third-order valence-corrected chi connectivity index (χ3v) is 6.67. The Morgan fingerprint density at radius 3 is 2.08 bits per heavy atom. The van der Waals surface area contributed by atoms with Crippen molar-refractivity contribution in [3.63, 3.8) is 0 Å². The number of para-hydroxylation sites is 1. The summed E-state index contributed by atoms with van der Waals surface area (Å²) in [6, 6.07) is 30.4. The number of rotatable bonds is 10. The summed E-state index contributed by atoms with van der Waals surface area (Å²) in [5, 5.41) is 5.52. The molecule has 2 amide bonds. The molecule has 0 bridgehead atoms. The molecule has 0 aromatic heterocycles. The smallest absolute Gasteiger partial charge is 0.255 e. The van der Waals surface area contributed by atoms with Crippen molar-refractivity contribution in [2.75, 3.05) is 10.6 Å². The second-order valence-corrected chi connectivity index (χ2v) is 9.94. The average Bonchev–Trinajstić information content (AvgIpc) is 2.94. The van der Waals surface area contributed by atoms with Crippen LogP contribution in [0.4, 0.5) is 11.4 Å². The molecule has 198 valence electrons. The summed E-state index contributed by atoms with van der Waals surface area (Å²) in [4.78, 5) is 37.9. The van der Waals surface area contributed by atoms with E-state index in [1.807, 2.05) is 18.2 Å². The number of amides is 2. The molecule has 4 aromatic carbocycles. The fraction of sp³-hybridized carbons (Fsp3) is 0.182. The second-order valence-electron chi connectivity index (χ2n) is 9.94. The van der Waals surface area contributed by atoms with Crippen LogP contribution in [0.3, 0.4) is 0 Å². The highest BCUT2D eigenvalue weighted by Crippen LogP contribution is 2.30. The van der Waals surface area contributed by atoms with E-state index in [1.54, 1.807) is 72.8 Å². The van der Waals surface area contributed by atoms with Gasteiger partial charge in [-0.25, -0.2) is 0 Å². The van der Waals surface area contributed by atoms with Gasteiger partial charge in [0.25, 0.3) is 5.91 Å². The standard InChI is InChI=1S/C33H32N2O4/c1-4-33(2,3)25-16-18-28(19-17-25)39-29-15-9-11-24(21-29)32(38)35-27-14-8-10-23(20-27)30(36)22-31(37)34-26-12-6-5-7-13-26/h5-21H,4,22H2,1-3H3,(H,34,37)(H,35,38). The van der Waals surface area contributed by atoms with E-state index in [0.717, 1.165) is 6.42 Å². The minimum atomic E-state index is -0.402. The Morgan fingerprint density at radius 1 is 0.692 bits per heavy atom. The van der Waals surface area contributed by atoms with E-state index in [9.17, 15) is 14.4 Å². The topological polar surface area (TPSA) is 84.5 Å². The summed E-state index contributed by atoms with van der Waals surface area (Å²) in [7, 11) is 0. The highest BCUT2D eigenvalue weighted by atomic mass is 16.5. The van der Waals surface area contributed by atoms with E-state index in [0.29, 0.717) is 34.0 Å². The third kappa shape index (κ3) is 7.42. The summed E-state index contributed by atoms with van der Waals surface area (Å²) in [5.41, 5.74) is 3.16. The summed E-state index contributed by atoms with van der Waals surface area (Å²) in [6.45, 7) is 6.58. The zero-order valence-electron chi connectivity index (χ0n) is 22.4. The molecule has 6 nitrogen and oxygen atoms in total. The lowest BCUT2D eigenvalue weighted by atomic mass is 9.82. The van der Waals surface area contributed by atoms with Gasteiger partial charge in [-0.05, 0) is 72.0 Å². The predicted octanol–water partition coefficient (Wildman–Crippen LogP) is 7.63. The van der Waals surface area contributed by atoms with Crippen molar-refractivity contribution in [3.05, 3.63) is 120 Å². The van der Waals surface area contributed by atoms with Gasteiger partial charge in [0.1, 0.15) is 11.5 Å². The summed E-state index contributed by atoms with van der Waals surface area (Å²) < 4.78 is 5.99. The maximum Gasteiger partial charge on any atom is 0.255 e. The molecule has 0 radical (unpaired) electrons. The van der Waals surface area contributed by atoms with E-state index in [2.05, 4.69) is 43.5 Å². The fourth-order valence-corrected chi connectivity index (χ4v) is 3.96. The van der Waals surface area contributed by atoms with Gasteiger partial charge >= 0.3 is 0 Å². The highest BCUT2D eigenvalue weighted by Gasteiger charge is 2.18. The molecule has 0 saturated heterocycles. The molecule has 39 heavy (non-hydrogen) atoms. The molecule has 0 aliphatic carbocycles. The predicted molar refractivity (Wildman–Crippen MR) is 155 cm³/mol. The first-order valence-corrected chi connectivity index (χ1v) is 12.9. The molecule has 0 atom stereocenters. The molecular weight excluding hydrogens is 488 g/mol. The van der Waals surface area contributed by atoms with E-state index < -0.39 is 5.91 Å². The molecule has 2 N–H and O–H groups in total. The maximum atomic E-state index is 13.0. The maximum absolute atomic E-state index is 13.0. The van der Waals surface area contributed by atoms with Crippen molar-refractivity contribution in [1.29, 1.82) is 0 Å². The molecule has 0 aliphatic rings. The molecule has 0 aliphatic heterocycles. The normalized spacial score (nSPS) is 10.9. The van der Waals surface area contributed by atoms with Crippen LogP contribution in [-0.2, 0) is 10.2 Å². The van der Waals surface area contributed by atoms with E-state index >= 15 is 0 Å². The van der Waals surface area contributed by atoms with Crippen molar-refractivity contribution < 1.29 is 19.1 Å². The molecule has 0 unspecified atom stereocenters. The van der Waals surface area contributed by atoms with Crippen LogP contribution in [0, 0.1) is 0 Å². The van der Waals surface area contributed by atoms with Crippen molar-refractivity contribution >= 4 is 29.0 Å². The Balaban J connectivity index is 1.38. The number of benzene rings is 4. The van der Waals surface area contributed by atoms with Gasteiger partial charge in [-0.1, -0.05) is 69.3 Å². The zero-order valence-corrected chi connectivity index (χ0v) is 22.4. The summed E-state index contributed by atoms with van der Waals surface area (Å²) in [5.74, 6) is 0.139. The molecule has 0 spiro atoms. The quantitative estimate of drug-likeness (QED) is 0.166. The number of ether oxygens (including phenoxy) is 1. The minimum Gasteiger partial charge on any atom is -0.457 e. The third-order valence-electron chi connectivity index (χ3n) is 6.67. The van der Waals surface area contributed by atoms with Crippen LogP contribution < -0.4 is 15.4 Å². The summed E-state index contributed by atoms with van der Waals surface area (Å²) >= 11 is 0. The first-order valence-electron chi connectivity index (χ1n) is 12.9. The monoisotopic (exact) mass is 520 g/mol. The first-order chi connectivity index (χ1) is 18.7. The molecule has 0 fully saturated rings. The van der Waals surface area contributed by atoms with Gasteiger partial charge in [-0.2, -0.15) is 0 Å². The van der Waals surface area contributed by atoms with Gasteiger partial charge in [-0.15, -0.1) is 0 Å². The number of nitrogens with one attached hydrogen (secondary N) is 2. The van der Waals surface area contributed by atoms with Gasteiger partial charge < -0.3 is 15.4 Å². The number of hydrogen-bond donors (Lipinski definition) is 2. The van der Waals surface area contributed by atoms with Gasteiger partial charge in [0.15, 0.2) is 5.78 Å². The van der Waals surface area contributed by atoms with Crippen LogP contribution in [0.2, 0.25) is 0 Å². The SMILES string of the molecule is CCC(C)(C)c1ccc(Oc2cccc(C(=O)Nc3cccc(C(=O)CC(=O)Nc4ccccc4)c3)c2)cc1. The lowest BCUT2D eigenvalue weighted by Gasteiger charge is -2.23. The molecule has 0 heterocycles. The Labute approximate surface area is 229 Å². The fourth-order valence-electron chi connectivity index (χ4n) is 3.96. The average molecular weight is 521 g/mol. The lowest BCUT2D eigenvalue weighted by molar-refractivity contribution is -0.115. The highest BCUT2D eigenvalue weighted by molar-refractivity contribution is 6.12. The molecule has 4 rings (SSSR count). The molecule has 0 saturated carbocycles. The van der Waals surface area contributed by atoms with E-state index in [4.69, 9.17) is 4.74 Å². The summed E-state index contributed by atoms with van der Waals surface area (Å²) in [6.07, 6.45) is 0.730. The van der Waals surface area contributed by atoms with Gasteiger partial charge in [0.2, 0.25) is 5.91 Å². The van der Waals surface area contributed by atoms with Crippen LogP contribution in [0.1, 0.15) is 59.9 Å². The van der Waals surface area contributed by atoms with E-state index in [1.165, 1.54) is 5.56 Å². The number of anilines is 2. The number of carbonyl (C=O) groups excluding carboxylic acids is 3. The lowest BCUT2D eigenvalue weighted by Crippen LogP contribution is -2.17. The van der Waals surface area contributed by atoms with Crippen molar-refractivity contribution in [2.45, 2.75) is 39.0 Å². The largest absolute Gasteiger partial charge is 0.457 e. The van der Waals surface area contributed by atoms with Crippen LogP contribution in [0.15, 0.2) is 103 Å². The molecular formula is C33H32N2O4. The Morgan fingerprint density at radius 2 is 1.36 bits per heavy atom. The minimum absolute atomic E-state index is 0.0903. The van der Waals surface area contributed by atoms with Gasteiger partial charge in [-0.3, -0.25) is 14.4 Å².